The molecule has 3 heterocycles. The number of aryl methyl sites for hydroxylation is 2. The Bertz CT molecular complexity index is 1210. The number of carbonyl (C=O) groups excluding carboxylic acids is 2. The molecule has 2 aliphatic rings. The van der Waals surface area contributed by atoms with Gasteiger partial charge in [-0.15, -0.1) is 32.9 Å². The molecule has 3 aromatic rings. The van der Waals surface area contributed by atoms with E-state index in [1.165, 1.54) is 56.8 Å². The third-order valence-electron chi connectivity index (χ3n) is 6.12. The van der Waals surface area contributed by atoms with Crippen LogP contribution in [0.3, 0.4) is 0 Å². The maximum absolute atomic E-state index is 12.8. The van der Waals surface area contributed by atoms with Gasteiger partial charge in [0.1, 0.15) is 5.00 Å². The van der Waals surface area contributed by atoms with Crippen LogP contribution in [0.1, 0.15) is 57.4 Å². The number of nitrogens with one attached hydrogen (secondary N) is 1. The molecular formula is C23H26N4O3S3. The Kier molecular flexibility index (Phi) is 6.58. The van der Waals surface area contributed by atoms with Crippen molar-refractivity contribution in [1.82, 2.24) is 14.8 Å². The van der Waals surface area contributed by atoms with Gasteiger partial charge in [0.25, 0.3) is 0 Å². The molecule has 0 bridgehead atoms. The van der Waals surface area contributed by atoms with Crippen molar-refractivity contribution in [3.63, 3.8) is 0 Å². The van der Waals surface area contributed by atoms with Crippen LogP contribution in [0.2, 0.25) is 0 Å². The molecule has 0 spiro atoms. The molecule has 0 radical (unpaired) electrons. The number of ether oxygens (including phenoxy) is 1. The number of thioether (sulfide) groups is 1. The van der Waals surface area contributed by atoms with Gasteiger partial charge in [0.15, 0.2) is 11.0 Å². The molecule has 33 heavy (non-hydrogen) atoms. The highest BCUT2D eigenvalue weighted by Gasteiger charge is 2.28. The topological polar surface area (TPSA) is 86.1 Å². The average Bonchev–Trinajstić information content (AvgIpc) is 3.56. The molecule has 3 aromatic heterocycles. The third kappa shape index (κ3) is 4.36. The molecule has 7 nitrogen and oxygen atoms in total. The van der Waals surface area contributed by atoms with Crippen molar-refractivity contribution in [3.05, 3.63) is 31.8 Å². The number of nitrogens with zero attached hydrogens (tertiary/aromatic N) is 3. The summed E-state index contributed by atoms with van der Waals surface area (Å²) in [6.45, 7) is 2.11. The van der Waals surface area contributed by atoms with Gasteiger partial charge in [-0.25, -0.2) is 4.79 Å². The van der Waals surface area contributed by atoms with Crippen molar-refractivity contribution in [2.45, 2.75) is 57.0 Å². The Morgan fingerprint density at radius 1 is 1.12 bits per heavy atom. The van der Waals surface area contributed by atoms with Gasteiger partial charge in [0.2, 0.25) is 5.91 Å². The second-order valence-corrected chi connectivity index (χ2v) is 11.3. The molecule has 0 unspecified atom stereocenters. The molecular weight excluding hydrogens is 476 g/mol. The predicted octanol–water partition coefficient (Wildman–Crippen LogP) is 4.88. The molecule has 174 valence electrons. The highest BCUT2D eigenvalue weighted by Crippen LogP contribution is 2.40. The van der Waals surface area contributed by atoms with Crippen LogP contribution < -0.4 is 5.32 Å². The van der Waals surface area contributed by atoms with Crippen LogP contribution >= 0.6 is 34.4 Å². The number of esters is 1. The van der Waals surface area contributed by atoms with Crippen molar-refractivity contribution in [1.29, 1.82) is 0 Å². The number of anilines is 1. The van der Waals surface area contributed by atoms with Crippen molar-refractivity contribution < 1.29 is 14.3 Å². The van der Waals surface area contributed by atoms with E-state index in [4.69, 9.17) is 4.74 Å². The molecule has 0 aliphatic heterocycles. The normalized spacial score (nSPS) is 14.7. The monoisotopic (exact) mass is 502 g/mol. The molecule has 5 rings (SSSR count). The first-order valence-corrected chi connectivity index (χ1v) is 14.0. The first-order chi connectivity index (χ1) is 16.1. The maximum atomic E-state index is 12.8. The Morgan fingerprint density at radius 2 is 1.91 bits per heavy atom. The largest absolute Gasteiger partial charge is 0.462 e. The number of carbonyl (C=O) groups is 2. The Labute approximate surface area is 204 Å². The lowest BCUT2D eigenvalue weighted by Gasteiger charge is -2.12. The minimum absolute atomic E-state index is 0.164. The van der Waals surface area contributed by atoms with E-state index in [0.717, 1.165) is 43.5 Å². The van der Waals surface area contributed by atoms with Gasteiger partial charge in [0.05, 0.1) is 17.9 Å². The number of hydrogen-bond donors (Lipinski definition) is 1. The van der Waals surface area contributed by atoms with Crippen molar-refractivity contribution in [2.24, 2.45) is 7.05 Å². The molecule has 0 fully saturated rings. The van der Waals surface area contributed by atoms with Crippen molar-refractivity contribution in [3.8, 4) is 11.4 Å². The number of amides is 1. The van der Waals surface area contributed by atoms with Crippen molar-refractivity contribution in [2.75, 3.05) is 17.7 Å². The predicted molar refractivity (Wildman–Crippen MR) is 133 cm³/mol. The lowest BCUT2D eigenvalue weighted by atomic mass is 9.96. The zero-order valence-corrected chi connectivity index (χ0v) is 21.2. The van der Waals surface area contributed by atoms with Crippen LogP contribution in [0, 0.1) is 0 Å². The molecule has 0 atom stereocenters. The van der Waals surface area contributed by atoms with Gasteiger partial charge < -0.3 is 14.6 Å². The SMILES string of the molecule is CCOC(=O)c1c(NC(=O)CSc2nnc(-c3csc4c3CCCC4)n2C)sc2c1CCC2. The lowest BCUT2D eigenvalue weighted by Crippen LogP contribution is -2.17. The van der Waals surface area contributed by atoms with Crippen LogP contribution in [0.25, 0.3) is 11.4 Å². The minimum Gasteiger partial charge on any atom is -0.462 e. The van der Waals surface area contributed by atoms with Gasteiger partial charge >= 0.3 is 5.97 Å². The van der Waals surface area contributed by atoms with Crippen LogP contribution in [0.5, 0.6) is 0 Å². The van der Waals surface area contributed by atoms with E-state index in [1.807, 2.05) is 23.0 Å². The Morgan fingerprint density at radius 3 is 2.76 bits per heavy atom. The highest BCUT2D eigenvalue weighted by atomic mass is 32.2. The van der Waals surface area contributed by atoms with E-state index >= 15 is 0 Å². The van der Waals surface area contributed by atoms with Crippen LogP contribution in [0.4, 0.5) is 5.00 Å². The van der Waals surface area contributed by atoms with E-state index < -0.39 is 0 Å². The van der Waals surface area contributed by atoms with Crippen LogP contribution in [-0.4, -0.2) is 39.0 Å². The summed E-state index contributed by atoms with van der Waals surface area (Å²) in [5.74, 6) is 0.537. The molecule has 2 aliphatic carbocycles. The number of thiophene rings is 2. The second-order valence-electron chi connectivity index (χ2n) is 8.24. The van der Waals surface area contributed by atoms with Gasteiger partial charge in [-0.05, 0) is 63.0 Å². The molecule has 1 amide bonds. The number of rotatable bonds is 7. The third-order valence-corrected chi connectivity index (χ3v) is 9.44. The molecule has 0 aromatic carbocycles. The Hall–Kier alpha value is -2.17. The summed E-state index contributed by atoms with van der Waals surface area (Å²) >= 11 is 4.66. The van der Waals surface area contributed by atoms with Gasteiger partial charge in [0, 0.05) is 27.7 Å². The highest BCUT2D eigenvalue weighted by molar-refractivity contribution is 7.99. The zero-order valence-electron chi connectivity index (χ0n) is 18.7. The fourth-order valence-corrected chi connectivity index (χ4v) is 7.69. The molecule has 0 saturated heterocycles. The summed E-state index contributed by atoms with van der Waals surface area (Å²) in [6, 6.07) is 0. The van der Waals surface area contributed by atoms with Crippen LogP contribution in [-0.2, 0) is 42.3 Å². The summed E-state index contributed by atoms with van der Waals surface area (Å²) in [7, 11) is 1.95. The zero-order chi connectivity index (χ0) is 22.9. The number of fused-ring (bicyclic) bond motifs is 2. The molecule has 10 heteroatoms. The molecule has 0 saturated carbocycles. The smallest absolute Gasteiger partial charge is 0.341 e. The van der Waals surface area contributed by atoms with E-state index in [0.29, 0.717) is 22.3 Å². The van der Waals surface area contributed by atoms with E-state index in [-0.39, 0.29) is 17.6 Å². The first-order valence-electron chi connectivity index (χ1n) is 11.3. The van der Waals surface area contributed by atoms with E-state index in [9.17, 15) is 9.59 Å². The van der Waals surface area contributed by atoms with Gasteiger partial charge in [-0.3, -0.25) is 4.79 Å². The first kappa shape index (κ1) is 22.6. The van der Waals surface area contributed by atoms with E-state index in [1.54, 1.807) is 6.92 Å². The summed E-state index contributed by atoms with van der Waals surface area (Å²) in [5, 5.41) is 15.2. The number of aromatic nitrogens is 3. The van der Waals surface area contributed by atoms with E-state index in [2.05, 4.69) is 20.9 Å². The van der Waals surface area contributed by atoms with Gasteiger partial charge in [-0.2, -0.15) is 0 Å². The Balaban J connectivity index is 1.27. The summed E-state index contributed by atoms with van der Waals surface area (Å²) in [6.07, 6.45) is 7.57. The second kappa shape index (κ2) is 9.60. The summed E-state index contributed by atoms with van der Waals surface area (Å²) in [4.78, 5) is 27.9. The minimum atomic E-state index is -0.350. The number of hydrogen-bond acceptors (Lipinski definition) is 8. The fourth-order valence-electron chi connectivity index (χ4n) is 4.56. The standard InChI is InChI=1S/C23H26N4O3S3/c1-3-30-22(29)19-14-8-6-10-17(14)33-21(19)24-18(28)12-32-23-26-25-20(27(23)2)15-11-31-16-9-5-4-7-13(15)16/h11H,3-10,12H2,1-2H3,(H,24,28). The van der Waals surface area contributed by atoms with Crippen molar-refractivity contribution >= 4 is 51.3 Å². The van der Waals surface area contributed by atoms with Crippen LogP contribution in [0.15, 0.2) is 10.5 Å². The summed E-state index contributed by atoms with van der Waals surface area (Å²) < 4.78 is 7.22. The molecule has 1 N–H and O–H groups in total. The lowest BCUT2D eigenvalue weighted by molar-refractivity contribution is -0.113. The van der Waals surface area contributed by atoms with Gasteiger partial charge in [-0.1, -0.05) is 11.8 Å². The summed E-state index contributed by atoms with van der Waals surface area (Å²) in [5.41, 5.74) is 4.16. The maximum Gasteiger partial charge on any atom is 0.341 e. The average molecular weight is 503 g/mol. The fraction of sp³-hybridized carbons (Fsp3) is 0.478. The quantitative estimate of drug-likeness (QED) is 0.366.